The molecule has 2 aromatic carbocycles. The van der Waals surface area contributed by atoms with Crippen molar-refractivity contribution in [3.8, 4) is 5.75 Å². The summed E-state index contributed by atoms with van der Waals surface area (Å²) in [6.45, 7) is 2.02. The zero-order valence-electron chi connectivity index (χ0n) is 17.1. The van der Waals surface area contributed by atoms with E-state index < -0.39 is 33.6 Å². The lowest BCUT2D eigenvalue weighted by Crippen LogP contribution is -2.43. The number of amides is 1. The number of carbonyl (C=O) groups excluding carboxylic acids is 1. The molecule has 0 aromatic heterocycles. The highest BCUT2D eigenvalue weighted by atomic mass is 32.2. The second-order valence-electron chi connectivity index (χ2n) is 7.42. The van der Waals surface area contributed by atoms with Crippen molar-refractivity contribution in [2.45, 2.75) is 30.8 Å². The molecule has 1 fully saturated rings. The molecule has 1 amide bonds. The predicted molar refractivity (Wildman–Crippen MR) is 109 cm³/mol. The van der Waals surface area contributed by atoms with Gasteiger partial charge in [-0.2, -0.15) is 17.5 Å². The summed E-state index contributed by atoms with van der Waals surface area (Å²) in [6, 6.07) is 8.98. The topological polar surface area (TPSA) is 75.7 Å². The molecule has 1 aliphatic rings. The van der Waals surface area contributed by atoms with Crippen LogP contribution in [0.3, 0.4) is 0 Å². The van der Waals surface area contributed by atoms with E-state index in [1.807, 2.05) is 0 Å². The van der Waals surface area contributed by atoms with Gasteiger partial charge >= 0.3 is 6.18 Å². The number of halogens is 3. The summed E-state index contributed by atoms with van der Waals surface area (Å²) < 4.78 is 70.9. The Labute approximate surface area is 179 Å². The lowest BCUT2D eigenvalue weighted by atomic mass is 9.98. The molecule has 1 aliphatic heterocycles. The summed E-state index contributed by atoms with van der Waals surface area (Å²) in [6.07, 6.45) is -3.50. The minimum absolute atomic E-state index is 0.0219. The van der Waals surface area contributed by atoms with Crippen molar-refractivity contribution in [3.05, 3.63) is 53.6 Å². The van der Waals surface area contributed by atoms with Crippen molar-refractivity contribution in [2.24, 2.45) is 5.92 Å². The number of aryl methyl sites for hydroxylation is 1. The first kappa shape index (κ1) is 23.1. The summed E-state index contributed by atoms with van der Waals surface area (Å²) in [5.74, 6) is -0.834. The number of carbonyl (C=O) groups is 1. The maximum Gasteiger partial charge on any atom is 0.416 e. The molecule has 1 N–H and O–H groups in total. The second-order valence-corrected chi connectivity index (χ2v) is 9.33. The quantitative estimate of drug-likeness (QED) is 0.736. The fraction of sp³-hybridized carbons (Fsp3) is 0.381. The Morgan fingerprint density at radius 3 is 2.45 bits per heavy atom. The van der Waals surface area contributed by atoms with Gasteiger partial charge in [-0.3, -0.25) is 4.79 Å². The third-order valence-electron chi connectivity index (χ3n) is 5.17. The van der Waals surface area contributed by atoms with E-state index in [2.05, 4.69) is 5.32 Å². The number of piperidine rings is 1. The van der Waals surface area contributed by atoms with Gasteiger partial charge in [0.1, 0.15) is 10.6 Å². The highest BCUT2D eigenvalue weighted by Crippen LogP contribution is 2.32. The summed E-state index contributed by atoms with van der Waals surface area (Å²) >= 11 is 0. The maximum absolute atomic E-state index is 13.2. The van der Waals surface area contributed by atoms with E-state index in [4.69, 9.17) is 4.74 Å². The van der Waals surface area contributed by atoms with E-state index in [9.17, 15) is 26.4 Å². The fourth-order valence-electron chi connectivity index (χ4n) is 3.49. The first-order chi connectivity index (χ1) is 14.5. The average Bonchev–Trinajstić information content (AvgIpc) is 2.73. The van der Waals surface area contributed by atoms with Crippen LogP contribution in [0.1, 0.15) is 24.0 Å². The molecule has 6 nitrogen and oxygen atoms in total. The number of nitrogens with zero attached hydrogens (tertiary/aromatic N) is 1. The van der Waals surface area contributed by atoms with Crippen LogP contribution in [0, 0.1) is 12.8 Å². The number of ether oxygens (including phenoxy) is 1. The van der Waals surface area contributed by atoms with Crippen molar-refractivity contribution in [1.29, 1.82) is 0 Å². The minimum Gasteiger partial charge on any atom is -0.495 e. The Kier molecular flexibility index (Phi) is 6.61. The standard InChI is InChI=1S/C21H23F3N2O4S/c1-14-5-10-18(30-2)19(12-14)31(28,29)26-11-3-4-15(13-26)20(27)25-17-8-6-16(7-9-17)21(22,23)24/h5-10,12,15H,3-4,11,13H2,1-2H3,(H,25,27)/t15-/m0/s1. The van der Waals surface area contributed by atoms with Gasteiger partial charge in [0.2, 0.25) is 15.9 Å². The van der Waals surface area contributed by atoms with Crippen LogP contribution in [0.15, 0.2) is 47.4 Å². The zero-order chi connectivity index (χ0) is 22.8. The van der Waals surface area contributed by atoms with Crippen LogP contribution in [0.25, 0.3) is 0 Å². The number of rotatable bonds is 5. The van der Waals surface area contributed by atoms with Crippen molar-refractivity contribution < 1.29 is 31.1 Å². The molecule has 0 unspecified atom stereocenters. The van der Waals surface area contributed by atoms with Crippen LogP contribution in [0.2, 0.25) is 0 Å². The number of nitrogens with one attached hydrogen (secondary N) is 1. The Morgan fingerprint density at radius 1 is 1.16 bits per heavy atom. The van der Waals surface area contributed by atoms with Gasteiger partial charge in [-0.1, -0.05) is 6.07 Å². The smallest absolute Gasteiger partial charge is 0.416 e. The molecular formula is C21H23F3N2O4S. The third-order valence-corrected chi connectivity index (χ3v) is 7.06. The maximum atomic E-state index is 13.2. The number of methoxy groups -OCH3 is 1. The Hall–Kier alpha value is -2.59. The Morgan fingerprint density at radius 2 is 1.84 bits per heavy atom. The van der Waals surface area contributed by atoms with Crippen LogP contribution in [0.5, 0.6) is 5.75 Å². The molecule has 31 heavy (non-hydrogen) atoms. The first-order valence-corrected chi connectivity index (χ1v) is 11.1. The molecule has 0 saturated carbocycles. The number of hydrogen-bond donors (Lipinski definition) is 1. The highest BCUT2D eigenvalue weighted by Gasteiger charge is 2.35. The van der Waals surface area contributed by atoms with Gasteiger partial charge in [-0.25, -0.2) is 8.42 Å². The van der Waals surface area contributed by atoms with E-state index >= 15 is 0 Å². The summed E-state index contributed by atoms with van der Waals surface area (Å²) in [4.78, 5) is 12.7. The summed E-state index contributed by atoms with van der Waals surface area (Å²) in [5.41, 5.74) is 0.166. The van der Waals surface area contributed by atoms with Gasteiger partial charge in [-0.05, 0) is 61.7 Å². The second kappa shape index (κ2) is 8.88. The van der Waals surface area contributed by atoms with Crippen LogP contribution in [-0.2, 0) is 21.0 Å². The van der Waals surface area contributed by atoms with Gasteiger partial charge in [-0.15, -0.1) is 0 Å². The monoisotopic (exact) mass is 456 g/mol. The summed E-state index contributed by atoms with van der Waals surface area (Å²) in [7, 11) is -2.50. The molecule has 0 bridgehead atoms. The average molecular weight is 456 g/mol. The molecule has 1 saturated heterocycles. The number of benzene rings is 2. The van der Waals surface area contributed by atoms with Crippen LogP contribution >= 0.6 is 0 Å². The van der Waals surface area contributed by atoms with E-state index in [1.54, 1.807) is 19.1 Å². The van der Waals surface area contributed by atoms with Crippen molar-refractivity contribution in [2.75, 3.05) is 25.5 Å². The van der Waals surface area contributed by atoms with Gasteiger partial charge in [0, 0.05) is 18.8 Å². The number of alkyl halides is 3. The van der Waals surface area contributed by atoms with E-state index in [-0.39, 0.29) is 29.4 Å². The Bertz CT molecular complexity index is 1050. The third kappa shape index (κ3) is 5.19. The van der Waals surface area contributed by atoms with Crippen LogP contribution < -0.4 is 10.1 Å². The van der Waals surface area contributed by atoms with Gasteiger partial charge < -0.3 is 10.1 Å². The van der Waals surface area contributed by atoms with Gasteiger partial charge in [0.05, 0.1) is 18.6 Å². The van der Waals surface area contributed by atoms with Gasteiger partial charge in [0.15, 0.2) is 0 Å². The number of anilines is 1. The molecule has 0 radical (unpaired) electrons. The van der Waals surface area contributed by atoms with E-state index in [1.165, 1.54) is 29.6 Å². The molecule has 168 valence electrons. The largest absolute Gasteiger partial charge is 0.495 e. The van der Waals surface area contributed by atoms with Crippen molar-refractivity contribution in [3.63, 3.8) is 0 Å². The molecule has 0 spiro atoms. The molecular weight excluding hydrogens is 433 g/mol. The lowest BCUT2D eigenvalue weighted by Gasteiger charge is -2.31. The van der Waals surface area contributed by atoms with Gasteiger partial charge in [0.25, 0.3) is 0 Å². The van der Waals surface area contributed by atoms with E-state index in [0.717, 1.165) is 17.7 Å². The highest BCUT2D eigenvalue weighted by molar-refractivity contribution is 7.89. The normalized spacial score (nSPS) is 17.9. The molecule has 1 heterocycles. The van der Waals surface area contributed by atoms with Crippen molar-refractivity contribution >= 4 is 21.6 Å². The summed E-state index contributed by atoms with van der Waals surface area (Å²) in [5, 5.41) is 2.58. The predicted octanol–water partition coefficient (Wildman–Crippen LogP) is 4.06. The fourth-order valence-corrected chi connectivity index (χ4v) is 5.25. The molecule has 3 rings (SSSR count). The minimum atomic E-state index is -4.46. The molecule has 0 aliphatic carbocycles. The number of hydrogen-bond acceptors (Lipinski definition) is 4. The van der Waals surface area contributed by atoms with Crippen LogP contribution in [-0.4, -0.2) is 38.8 Å². The Balaban J connectivity index is 1.74. The molecule has 2 aromatic rings. The van der Waals surface area contributed by atoms with E-state index in [0.29, 0.717) is 12.8 Å². The SMILES string of the molecule is COc1ccc(C)cc1S(=O)(=O)N1CCC[C@H](C(=O)Nc2ccc(C(F)(F)F)cc2)C1. The molecule has 10 heteroatoms. The van der Waals surface area contributed by atoms with Crippen molar-refractivity contribution in [1.82, 2.24) is 4.31 Å². The molecule has 1 atom stereocenters. The number of sulfonamides is 1. The zero-order valence-corrected chi connectivity index (χ0v) is 17.9. The van der Waals surface area contributed by atoms with Crippen LogP contribution in [0.4, 0.5) is 18.9 Å². The first-order valence-electron chi connectivity index (χ1n) is 9.65. The lowest BCUT2D eigenvalue weighted by molar-refractivity contribution is -0.137.